The minimum absolute atomic E-state index is 0.0970. The molecule has 1 N–H and O–H groups in total. The summed E-state index contributed by atoms with van der Waals surface area (Å²) in [7, 11) is 3.08. The molecular formula is C22H28N2O4. The van der Waals surface area contributed by atoms with Crippen LogP contribution >= 0.6 is 0 Å². The lowest BCUT2D eigenvalue weighted by molar-refractivity contribution is -0.120. The minimum Gasteiger partial charge on any atom is -0.497 e. The number of nitrogens with zero attached hydrogens (tertiary/aromatic N) is 1. The molecule has 0 aliphatic heterocycles. The number of benzene rings is 2. The number of aryl methyl sites for hydroxylation is 1. The van der Waals surface area contributed by atoms with Crippen LogP contribution in [0.25, 0.3) is 0 Å². The Balaban J connectivity index is 2.32. The van der Waals surface area contributed by atoms with E-state index in [0.29, 0.717) is 17.2 Å². The number of amides is 2. The molecule has 0 heterocycles. The molecular weight excluding hydrogens is 356 g/mol. The van der Waals surface area contributed by atoms with Crippen molar-refractivity contribution in [3.8, 4) is 11.5 Å². The van der Waals surface area contributed by atoms with E-state index in [-0.39, 0.29) is 24.3 Å². The summed E-state index contributed by atoms with van der Waals surface area (Å²) in [6.45, 7) is 7.45. The van der Waals surface area contributed by atoms with Gasteiger partial charge in [-0.2, -0.15) is 0 Å². The van der Waals surface area contributed by atoms with Gasteiger partial charge in [0.1, 0.15) is 18.0 Å². The lowest BCUT2D eigenvalue weighted by Gasteiger charge is -2.27. The molecule has 0 unspecified atom stereocenters. The minimum atomic E-state index is -0.320. The molecule has 150 valence electrons. The number of rotatable bonds is 7. The fourth-order valence-electron chi connectivity index (χ4n) is 3.11. The lowest BCUT2D eigenvalue weighted by atomic mass is 9.97. The van der Waals surface area contributed by atoms with Gasteiger partial charge < -0.3 is 19.7 Å². The molecule has 6 nitrogen and oxygen atoms in total. The summed E-state index contributed by atoms with van der Waals surface area (Å²) in [5, 5.41) is 2.82. The largest absolute Gasteiger partial charge is 0.497 e. The van der Waals surface area contributed by atoms with Gasteiger partial charge in [-0.15, -0.1) is 0 Å². The van der Waals surface area contributed by atoms with Crippen LogP contribution in [0.1, 0.15) is 37.8 Å². The quantitative estimate of drug-likeness (QED) is 0.779. The summed E-state index contributed by atoms with van der Waals surface area (Å²) in [5.41, 5.74) is 3.26. The Morgan fingerprint density at radius 2 is 1.82 bits per heavy atom. The summed E-state index contributed by atoms with van der Waals surface area (Å²) in [6, 6.07) is 11.1. The third-order valence-electron chi connectivity index (χ3n) is 4.52. The molecule has 0 aliphatic carbocycles. The van der Waals surface area contributed by atoms with E-state index in [1.54, 1.807) is 25.3 Å². The van der Waals surface area contributed by atoms with Crippen LogP contribution in [0.2, 0.25) is 0 Å². The number of hydrogen-bond acceptors (Lipinski definition) is 4. The number of carbonyl (C=O) groups is 2. The maximum absolute atomic E-state index is 12.8. The second-order valence-corrected chi connectivity index (χ2v) is 6.89. The van der Waals surface area contributed by atoms with E-state index in [0.717, 1.165) is 16.8 Å². The van der Waals surface area contributed by atoms with E-state index < -0.39 is 0 Å². The Hall–Kier alpha value is -3.02. The maximum Gasteiger partial charge on any atom is 0.244 e. The lowest BCUT2D eigenvalue weighted by Crippen LogP contribution is -2.37. The first-order chi connectivity index (χ1) is 13.3. The topological polar surface area (TPSA) is 67.9 Å². The Bertz CT molecular complexity index is 862. The number of ether oxygens (including phenoxy) is 2. The summed E-state index contributed by atoms with van der Waals surface area (Å²) in [6.07, 6.45) is 0. The van der Waals surface area contributed by atoms with E-state index in [1.165, 1.54) is 18.9 Å². The molecule has 0 bridgehead atoms. The van der Waals surface area contributed by atoms with Crippen molar-refractivity contribution in [1.82, 2.24) is 0 Å². The van der Waals surface area contributed by atoms with Crippen LogP contribution in [0, 0.1) is 6.92 Å². The zero-order valence-electron chi connectivity index (χ0n) is 17.3. The van der Waals surface area contributed by atoms with Gasteiger partial charge in [0.25, 0.3) is 0 Å². The van der Waals surface area contributed by atoms with Crippen LogP contribution in [-0.2, 0) is 9.59 Å². The fraction of sp³-hybridized carbons (Fsp3) is 0.364. The predicted molar refractivity (Wildman–Crippen MR) is 111 cm³/mol. The van der Waals surface area contributed by atoms with Crippen LogP contribution in [0.4, 0.5) is 11.4 Å². The second kappa shape index (κ2) is 9.26. The van der Waals surface area contributed by atoms with Crippen molar-refractivity contribution in [2.75, 3.05) is 31.0 Å². The number of para-hydroxylation sites is 1. The third kappa shape index (κ3) is 4.82. The smallest absolute Gasteiger partial charge is 0.244 e. The van der Waals surface area contributed by atoms with E-state index in [1.807, 2.05) is 25.1 Å². The number of methoxy groups -OCH3 is 2. The highest BCUT2D eigenvalue weighted by atomic mass is 16.5. The van der Waals surface area contributed by atoms with Gasteiger partial charge in [-0.3, -0.25) is 9.59 Å². The Labute approximate surface area is 166 Å². The van der Waals surface area contributed by atoms with Crippen LogP contribution in [0.15, 0.2) is 36.4 Å². The molecule has 2 aromatic rings. The summed E-state index contributed by atoms with van der Waals surface area (Å²) >= 11 is 0. The monoisotopic (exact) mass is 384 g/mol. The molecule has 0 radical (unpaired) electrons. The van der Waals surface area contributed by atoms with Crippen LogP contribution in [0.5, 0.6) is 11.5 Å². The van der Waals surface area contributed by atoms with E-state index in [2.05, 4.69) is 19.2 Å². The highest BCUT2D eigenvalue weighted by Crippen LogP contribution is 2.32. The van der Waals surface area contributed by atoms with Gasteiger partial charge in [0.2, 0.25) is 11.8 Å². The number of nitrogens with one attached hydrogen (secondary N) is 1. The van der Waals surface area contributed by atoms with Crippen LogP contribution in [-0.4, -0.2) is 32.6 Å². The van der Waals surface area contributed by atoms with Crippen molar-refractivity contribution in [3.63, 3.8) is 0 Å². The van der Waals surface area contributed by atoms with Crippen molar-refractivity contribution in [2.24, 2.45) is 0 Å². The van der Waals surface area contributed by atoms with Gasteiger partial charge in [-0.25, -0.2) is 0 Å². The molecule has 6 heteroatoms. The average molecular weight is 384 g/mol. The van der Waals surface area contributed by atoms with Crippen molar-refractivity contribution in [1.29, 1.82) is 0 Å². The first-order valence-corrected chi connectivity index (χ1v) is 9.18. The van der Waals surface area contributed by atoms with Crippen molar-refractivity contribution in [2.45, 2.75) is 33.6 Å². The SMILES string of the molecule is COc1ccc(OC)c(NC(=O)CN(C(C)=O)c2c(C)cccc2C(C)C)c1. The molecule has 0 fully saturated rings. The summed E-state index contributed by atoms with van der Waals surface area (Å²) in [5.74, 6) is 0.824. The highest BCUT2D eigenvalue weighted by molar-refractivity contribution is 6.03. The number of anilines is 2. The first-order valence-electron chi connectivity index (χ1n) is 9.18. The number of carbonyl (C=O) groups excluding carboxylic acids is 2. The molecule has 0 aromatic heterocycles. The van der Waals surface area contributed by atoms with Crippen molar-refractivity contribution < 1.29 is 19.1 Å². The normalized spacial score (nSPS) is 10.5. The van der Waals surface area contributed by atoms with Gasteiger partial charge in [0, 0.05) is 13.0 Å². The molecule has 0 spiro atoms. The molecule has 2 aromatic carbocycles. The summed E-state index contributed by atoms with van der Waals surface area (Å²) in [4.78, 5) is 26.7. The van der Waals surface area contributed by atoms with Gasteiger partial charge in [0.05, 0.1) is 25.6 Å². The van der Waals surface area contributed by atoms with Gasteiger partial charge in [-0.1, -0.05) is 32.0 Å². The zero-order chi connectivity index (χ0) is 20.8. The van der Waals surface area contributed by atoms with Crippen molar-refractivity contribution >= 4 is 23.2 Å². The summed E-state index contributed by atoms with van der Waals surface area (Å²) < 4.78 is 10.5. The molecule has 2 amide bonds. The predicted octanol–water partition coefficient (Wildman–Crippen LogP) is 4.13. The second-order valence-electron chi connectivity index (χ2n) is 6.89. The van der Waals surface area contributed by atoms with Gasteiger partial charge in [-0.05, 0) is 36.1 Å². The van der Waals surface area contributed by atoms with E-state index >= 15 is 0 Å². The molecule has 0 saturated carbocycles. The van der Waals surface area contributed by atoms with Crippen LogP contribution in [0.3, 0.4) is 0 Å². The Morgan fingerprint density at radius 1 is 1.11 bits per heavy atom. The van der Waals surface area contributed by atoms with Crippen molar-refractivity contribution in [3.05, 3.63) is 47.5 Å². The molecule has 2 rings (SSSR count). The van der Waals surface area contributed by atoms with E-state index in [4.69, 9.17) is 9.47 Å². The van der Waals surface area contributed by atoms with Gasteiger partial charge in [0.15, 0.2) is 0 Å². The standard InChI is InChI=1S/C22H28N2O4/c1-14(2)18-9-7-8-15(3)22(18)24(16(4)25)13-21(26)23-19-12-17(27-5)10-11-20(19)28-6/h7-12,14H,13H2,1-6H3,(H,23,26). The third-order valence-corrected chi connectivity index (χ3v) is 4.52. The Kier molecular flexibility index (Phi) is 7.04. The number of hydrogen-bond donors (Lipinski definition) is 1. The highest BCUT2D eigenvalue weighted by Gasteiger charge is 2.22. The molecule has 0 atom stereocenters. The van der Waals surface area contributed by atoms with Gasteiger partial charge >= 0.3 is 0 Å². The average Bonchev–Trinajstić information content (AvgIpc) is 2.65. The molecule has 0 aliphatic rings. The Morgan fingerprint density at radius 3 is 2.39 bits per heavy atom. The fourth-order valence-corrected chi connectivity index (χ4v) is 3.11. The van der Waals surface area contributed by atoms with E-state index in [9.17, 15) is 9.59 Å². The van der Waals surface area contributed by atoms with Crippen LogP contribution < -0.4 is 19.7 Å². The zero-order valence-corrected chi connectivity index (χ0v) is 17.3. The maximum atomic E-state index is 12.8. The molecule has 28 heavy (non-hydrogen) atoms. The molecule has 0 saturated heterocycles. The first kappa shape index (κ1) is 21.3.